The highest BCUT2D eigenvalue weighted by atomic mass is 19.1. The summed E-state index contributed by atoms with van der Waals surface area (Å²) in [5.41, 5.74) is 1.83. The van der Waals surface area contributed by atoms with Gasteiger partial charge >= 0.3 is 0 Å². The van der Waals surface area contributed by atoms with Crippen LogP contribution in [0.3, 0.4) is 0 Å². The predicted molar refractivity (Wildman–Crippen MR) is 74.2 cm³/mol. The summed E-state index contributed by atoms with van der Waals surface area (Å²) in [4.78, 5) is 0. The second-order valence-electron chi connectivity index (χ2n) is 4.80. The van der Waals surface area contributed by atoms with E-state index in [-0.39, 0.29) is 17.6 Å². The van der Waals surface area contributed by atoms with Gasteiger partial charge in [-0.2, -0.15) is 0 Å². The molecule has 19 heavy (non-hydrogen) atoms. The lowest BCUT2D eigenvalue weighted by molar-refractivity contribution is 0.604. The van der Waals surface area contributed by atoms with Crippen molar-refractivity contribution in [2.75, 3.05) is 0 Å². The van der Waals surface area contributed by atoms with Crippen molar-refractivity contribution in [2.45, 2.75) is 32.1 Å². The summed E-state index contributed by atoms with van der Waals surface area (Å²) in [6, 6.07) is 13.2. The quantitative estimate of drug-likeness (QED) is 0.685. The Bertz CT molecular complexity index is 489. The molecule has 2 aromatic carbocycles. The van der Waals surface area contributed by atoms with E-state index < -0.39 is 0 Å². The first-order chi connectivity index (χ1) is 9.20. The lowest BCUT2D eigenvalue weighted by Crippen LogP contribution is -2.02. The van der Waals surface area contributed by atoms with E-state index in [4.69, 9.17) is 0 Å². The first kappa shape index (κ1) is 13.7. The van der Waals surface area contributed by atoms with E-state index in [1.54, 1.807) is 24.3 Å². The van der Waals surface area contributed by atoms with Crippen molar-refractivity contribution in [1.82, 2.24) is 0 Å². The van der Waals surface area contributed by atoms with E-state index >= 15 is 0 Å². The largest absolute Gasteiger partial charge is 0.207 e. The molecule has 0 aliphatic carbocycles. The second-order valence-corrected chi connectivity index (χ2v) is 4.80. The molecule has 2 aromatic rings. The Kier molecular flexibility index (Phi) is 4.67. The molecule has 0 amide bonds. The van der Waals surface area contributed by atoms with Crippen molar-refractivity contribution in [2.24, 2.45) is 0 Å². The number of rotatable bonds is 5. The van der Waals surface area contributed by atoms with Gasteiger partial charge < -0.3 is 0 Å². The predicted octanol–water partition coefficient (Wildman–Crippen LogP) is 5.29. The van der Waals surface area contributed by atoms with Gasteiger partial charge in [-0.3, -0.25) is 0 Å². The van der Waals surface area contributed by atoms with E-state index in [0.717, 1.165) is 30.4 Å². The maximum Gasteiger partial charge on any atom is 0.123 e. The van der Waals surface area contributed by atoms with Gasteiger partial charge in [0.2, 0.25) is 0 Å². The molecular formula is C17H18F2. The molecular weight excluding hydrogens is 242 g/mol. The number of hydrogen-bond donors (Lipinski definition) is 0. The third kappa shape index (κ3) is 3.63. The molecule has 0 aromatic heterocycles. The van der Waals surface area contributed by atoms with Crippen molar-refractivity contribution < 1.29 is 8.78 Å². The molecule has 0 saturated carbocycles. The summed E-state index contributed by atoms with van der Waals surface area (Å²) in [5, 5.41) is 0. The third-order valence-electron chi connectivity index (χ3n) is 3.35. The van der Waals surface area contributed by atoms with Gasteiger partial charge in [0.25, 0.3) is 0 Å². The maximum atomic E-state index is 13.4. The summed E-state index contributed by atoms with van der Waals surface area (Å²) >= 11 is 0. The van der Waals surface area contributed by atoms with E-state index in [0.29, 0.717) is 0 Å². The molecule has 0 nitrogen and oxygen atoms in total. The Morgan fingerprint density at radius 1 is 0.895 bits per heavy atom. The third-order valence-corrected chi connectivity index (χ3v) is 3.35. The molecule has 0 heterocycles. The number of halogens is 2. The lowest BCUT2D eigenvalue weighted by Gasteiger charge is -2.18. The Balaban J connectivity index is 2.35. The van der Waals surface area contributed by atoms with Crippen LogP contribution < -0.4 is 0 Å². The smallest absolute Gasteiger partial charge is 0.123 e. The Morgan fingerprint density at radius 2 is 1.42 bits per heavy atom. The average Bonchev–Trinajstić information content (AvgIpc) is 2.39. The van der Waals surface area contributed by atoms with Crippen LogP contribution in [0.15, 0.2) is 48.5 Å². The molecule has 100 valence electrons. The van der Waals surface area contributed by atoms with Crippen LogP contribution in [0.5, 0.6) is 0 Å². The van der Waals surface area contributed by atoms with Crippen molar-refractivity contribution in [3.05, 3.63) is 71.3 Å². The zero-order chi connectivity index (χ0) is 13.7. The van der Waals surface area contributed by atoms with Gasteiger partial charge in [-0.1, -0.05) is 44.0 Å². The van der Waals surface area contributed by atoms with E-state index in [9.17, 15) is 8.78 Å². The normalized spacial score (nSPS) is 10.9. The molecule has 0 aliphatic rings. The number of benzene rings is 2. The molecule has 0 fully saturated rings. The minimum Gasteiger partial charge on any atom is -0.207 e. The Hall–Kier alpha value is -1.70. The van der Waals surface area contributed by atoms with Gasteiger partial charge in [0.05, 0.1) is 0 Å². The fraction of sp³-hybridized carbons (Fsp3) is 0.294. The highest BCUT2D eigenvalue weighted by molar-refractivity contribution is 5.33. The van der Waals surface area contributed by atoms with E-state index in [2.05, 4.69) is 6.92 Å². The number of unbranched alkanes of at least 4 members (excludes halogenated alkanes) is 1. The first-order valence-corrected chi connectivity index (χ1v) is 6.71. The van der Waals surface area contributed by atoms with E-state index in [1.807, 2.05) is 12.1 Å². The van der Waals surface area contributed by atoms with Crippen LogP contribution in [0.25, 0.3) is 0 Å². The molecule has 0 unspecified atom stereocenters. The molecule has 0 N–H and O–H groups in total. The standard InChI is InChI=1S/C17H18F2/c1-2-3-10-17(13-6-4-8-15(18)11-13)14-7-5-9-16(19)12-14/h4-9,11-12,17H,2-3,10H2,1H3. The minimum atomic E-state index is -0.240. The average molecular weight is 260 g/mol. The van der Waals surface area contributed by atoms with Crippen molar-refractivity contribution in [3.8, 4) is 0 Å². The van der Waals surface area contributed by atoms with Gasteiger partial charge in [0, 0.05) is 5.92 Å². The zero-order valence-corrected chi connectivity index (χ0v) is 11.1. The van der Waals surface area contributed by atoms with Crippen molar-refractivity contribution >= 4 is 0 Å². The second kappa shape index (κ2) is 6.46. The fourth-order valence-electron chi connectivity index (χ4n) is 2.38. The van der Waals surface area contributed by atoms with Gasteiger partial charge in [-0.25, -0.2) is 8.78 Å². The lowest BCUT2D eigenvalue weighted by atomic mass is 9.87. The monoisotopic (exact) mass is 260 g/mol. The van der Waals surface area contributed by atoms with Crippen molar-refractivity contribution in [3.63, 3.8) is 0 Å². The van der Waals surface area contributed by atoms with Crippen LogP contribution in [0, 0.1) is 11.6 Å². The molecule has 0 spiro atoms. The highest BCUT2D eigenvalue weighted by Gasteiger charge is 2.14. The minimum absolute atomic E-state index is 0.0614. The Morgan fingerprint density at radius 3 is 1.84 bits per heavy atom. The van der Waals surface area contributed by atoms with Crippen LogP contribution in [0.4, 0.5) is 8.78 Å². The summed E-state index contributed by atoms with van der Waals surface area (Å²) in [6.07, 6.45) is 3.02. The highest BCUT2D eigenvalue weighted by Crippen LogP contribution is 2.30. The summed E-state index contributed by atoms with van der Waals surface area (Å²) < 4.78 is 26.7. The fourth-order valence-corrected chi connectivity index (χ4v) is 2.38. The molecule has 0 bridgehead atoms. The van der Waals surface area contributed by atoms with Crippen LogP contribution in [0.1, 0.15) is 43.2 Å². The SMILES string of the molecule is CCCCC(c1cccc(F)c1)c1cccc(F)c1. The van der Waals surface area contributed by atoms with Gasteiger partial charge in [-0.15, -0.1) is 0 Å². The van der Waals surface area contributed by atoms with Crippen LogP contribution in [-0.2, 0) is 0 Å². The molecule has 0 aliphatic heterocycles. The van der Waals surface area contributed by atoms with Gasteiger partial charge in [-0.05, 0) is 41.8 Å². The molecule has 0 atom stereocenters. The summed E-state index contributed by atoms with van der Waals surface area (Å²) in [6.45, 7) is 2.12. The molecule has 2 heteroatoms. The van der Waals surface area contributed by atoms with Crippen LogP contribution in [-0.4, -0.2) is 0 Å². The zero-order valence-electron chi connectivity index (χ0n) is 11.1. The van der Waals surface area contributed by atoms with Crippen LogP contribution in [0.2, 0.25) is 0 Å². The maximum absolute atomic E-state index is 13.4. The molecule has 2 rings (SSSR count). The van der Waals surface area contributed by atoms with Gasteiger partial charge in [0.1, 0.15) is 11.6 Å². The Labute approximate surface area is 113 Å². The summed E-state index contributed by atoms with van der Waals surface area (Å²) in [7, 11) is 0. The van der Waals surface area contributed by atoms with Crippen molar-refractivity contribution in [1.29, 1.82) is 0 Å². The number of hydrogen-bond acceptors (Lipinski definition) is 0. The molecule has 0 saturated heterocycles. The molecule has 0 radical (unpaired) electrons. The first-order valence-electron chi connectivity index (χ1n) is 6.71. The van der Waals surface area contributed by atoms with Gasteiger partial charge in [0.15, 0.2) is 0 Å². The summed E-state index contributed by atoms with van der Waals surface area (Å²) in [5.74, 6) is -0.419. The van der Waals surface area contributed by atoms with Crippen LogP contribution >= 0.6 is 0 Å². The topological polar surface area (TPSA) is 0 Å². The van der Waals surface area contributed by atoms with E-state index in [1.165, 1.54) is 12.1 Å².